The lowest BCUT2D eigenvalue weighted by Crippen LogP contribution is -2.54. The normalized spacial score (nSPS) is 16.0. The Morgan fingerprint density at radius 2 is 1.57 bits per heavy atom. The Morgan fingerprint density at radius 1 is 0.936 bits per heavy atom. The molecule has 0 radical (unpaired) electrons. The Kier molecular flexibility index (Phi) is 13.9. The molecule has 3 atom stereocenters. The second-order valence-electron chi connectivity index (χ2n) is 11.2. The summed E-state index contributed by atoms with van der Waals surface area (Å²) in [4.78, 5) is 41.4. The summed E-state index contributed by atoms with van der Waals surface area (Å²) in [5.41, 5.74) is 6.77. The van der Waals surface area contributed by atoms with Gasteiger partial charge in [0.1, 0.15) is 18.7 Å². The highest BCUT2D eigenvalue weighted by Crippen LogP contribution is 2.65. The maximum Gasteiger partial charge on any atom is 0.408 e. The Labute approximate surface area is 275 Å². The molecule has 0 saturated carbocycles. The number of rotatable bonds is 16. The number of amides is 2. The van der Waals surface area contributed by atoms with E-state index in [9.17, 15) is 18.9 Å². The Hall–Kier alpha value is -3.84. The van der Waals surface area contributed by atoms with Gasteiger partial charge in [0.2, 0.25) is 17.5 Å². The first-order valence-corrected chi connectivity index (χ1v) is 16.9. The summed E-state index contributed by atoms with van der Waals surface area (Å²) in [6.07, 6.45) is -1.30. The highest BCUT2D eigenvalue weighted by molar-refractivity contribution is 7.54. The van der Waals surface area contributed by atoms with Crippen LogP contribution in [0.4, 0.5) is 4.79 Å². The van der Waals surface area contributed by atoms with Crippen molar-refractivity contribution in [3.05, 3.63) is 53.6 Å². The summed E-state index contributed by atoms with van der Waals surface area (Å²) in [7, 11) is -0.0644. The van der Waals surface area contributed by atoms with Gasteiger partial charge in [0, 0.05) is 13.1 Å². The summed E-state index contributed by atoms with van der Waals surface area (Å²) in [5, 5.41) is 2.49. The number of likely N-dealkylation sites (tertiary alicyclic amines) is 1. The minimum atomic E-state index is -4.29. The zero-order valence-electron chi connectivity index (χ0n) is 27.9. The van der Waals surface area contributed by atoms with E-state index in [1.54, 1.807) is 45.9 Å². The number of benzene rings is 2. The molecule has 2 aromatic rings. The summed E-state index contributed by atoms with van der Waals surface area (Å²) in [6, 6.07) is 9.85. The van der Waals surface area contributed by atoms with Gasteiger partial charge in [-0.15, -0.1) is 0 Å². The van der Waals surface area contributed by atoms with Crippen molar-refractivity contribution in [2.24, 2.45) is 5.73 Å². The molecule has 2 amide bonds. The first-order chi connectivity index (χ1) is 22.4. The largest absolute Gasteiger partial charge is 0.493 e. The van der Waals surface area contributed by atoms with Crippen LogP contribution in [0.5, 0.6) is 17.2 Å². The number of methoxy groups -OCH3 is 3. The number of carbonyl (C=O) groups excluding carboxylic acids is 3. The van der Waals surface area contributed by atoms with Gasteiger partial charge in [-0.1, -0.05) is 30.3 Å². The standard InChI is InChI=1S/C32H46N3O11P/c1-20(2)45-47(39,46-21(3)4)31(23-15-16-26(40-5)28(42-7)27(23)41-6)44-30(37)25-14-11-17-35(25)29(36)24(18-33)34-32(38)43-19-22-12-9-8-10-13-22/h8-10,12-13,15-16,20-21,24-25,31H,11,14,17-19,33H2,1-7H3,(H,34,38)/t24-,25+,31?/m1/s1. The highest BCUT2D eigenvalue weighted by atomic mass is 31.2. The van der Waals surface area contributed by atoms with Crippen molar-refractivity contribution in [3.8, 4) is 17.2 Å². The van der Waals surface area contributed by atoms with Gasteiger partial charge in [-0.05, 0) is 58.2 Å². The molecule has 14 nitrogen and oxygen atoms in total. The predicted molar refractivity (Wildman–Crippen MR) is 172 cm³/mol. The maximum atomic E-state index is 14.6. The molecule has 47 heavy (non-hydrogen) atoms. The number of esters is 1. The second kappa shape index (κ2) is 17.4. The SMILES string of the molecule is COc1ccc(C(OC(=O)[C@@H]2CCCN2C(=O)[C@@H](CN)NC(=O)OCc2ccccc2)P(=O)(OC(C)C)OC(C)C)c(OC)c1OC. The van der Waals surface area contributed by atoms with Gasteiger partial charge >= 0.3 is 19.7 Å². The highest BCUT2D eigenvalue weighted by Gasteiger charge is 2.47. The molecule has 1 fully saturated rings. The number of alkyl carbamates (subject to hydrolysis) is 1. The van der Waals surface area contributed by atoms with Crippen LogP contribution in [0.15, 0.2) is 42.5 Å². The van der Waals surface area contributed by atoms with Crippen LogP contribution in [-0.4, -0.2) is 81.6 Å². The number of ether oxygens (including phenoxy) is 5. The van der Waals surface area contributed by atoms with Gasteiger partial charge in [0.25, 0.3) is 0 Å². The lowest BCUT2D eigenvalue weighted by atomic mass is 10.1. The average molecular weight is 680 g/mol. The van der Waals surface area contributed by atoms with Crippen LogP contribution >= 0.6 is 7.60 Å². The van der Waals surface area contributed by atoms with E-state index in [0.717, 1.165) is 5.56 Å². The van der Waals surface area contributed by atoms with E-state index in [1.165, 1.54) is 32.3 Å². The number of hydrogen-bond donors (Lipinski definition) is 2. The van der Waals surface area contributed by atoms with Crippen LogP contribution in [0, 0.1) is 0 Å². The van der Waals surface area contributed by atoms with Gasteiger partial charge < -0.3 is 48.7 Å². The van der Waals surface area contributed by atoms with Gasteiger partial charge in [-0.25, -0.2) is 9.59 Å². The summed E-state index contributed by atoms with van der Waals surface area (Å²) < 4.78 is 54.1. The van der Waals surface area contributed by atoms with Gasteiger partial charge in [-0.3, -0.25) is 9.36 Å². The van der Waals surface area contributed by atoms with E-state index in [2.05, 4.69) is 5.32 Å². The van der Waals surface area contributed by atoms with Crippen LogP contribution in [-0.2, 0) is 39.3 Å². The Balaban J connectivity index is 1.91. The maximum absolute atomic E-state index is 14.6. The third kappa shape index (κ3) is 9.60. The quantitative estimate of drug-likeness (QED) is 0.188. The lowest BCUT2D eigenvalue weighted by Gasteiger charge is -2.33. The third-order valence-corrected chi connectivity index (χ3v) is 9.47. The first-order valence-electron chi connectivity index (χ1n) is 15.3. The lowest BCUT2D eigenvalue weighted by molar-refractivity contribution is -0.156. The molecule has 1 heterocycles. The zero-order chi connectivity index (χ0) is 34.7. The van der Waals surface area contributed by atoms with E-state index in [0.29, 0.717) is 12.2 Å². The van der Waals surface area contributed by atoms with E-state index < -0.39 is 55.7 Å². The van der Waals surface area contributed by atoms with Crippen LogP contribution in [0.3, 0.4) is 0 Å². The van der Waals surface area contributed by atoms with E-state index in [1.807, 2.05) is 18.2 Å². The number of nitrogens with zero attached hydrogens (tertiary/aromatic N) is 1. The fraction of sp³-hybridized carbons (Fsp3) is 0.531. The monoisotopic (exact) mass is 679 g/mol. The minimum absolute atomic E-state index is 0.00519. The van der Waals surface area contributed by atoms with Crippen molar-refractivity contribution < 1.29 is 51.7 Å². The van der Waals surface area contributed by atoms with Crippen molar-refractivity contribution in [1.82, 2.24) is 10.2 Å². The van der Waals surface area contributed by atoms with E-state index in [4.69, 9.17) is 38.5 Å². The average Bonchev–Trinajstić information content (AvgIpc) is 3.54. The molecule has 1 saturated heterocycles. The molecule has 0 bridgehead atoms. The van der Waals surface area contributed by atoms with Crippen molar-refractivity contribution in [3.63, 3.8) is 0 Å². The van der Waals surface area contributed by atoms with Crippen molar-refractivity contribution >= 4 is 25.6 Å². The molecule has 260 valence electrons. The van der Waals surface area contributed by atoms with E-state index >= 15 is 0 Å². The zero-order valence-corrected chi connectivity index (χ0v) is 28.8. The molecular weight excluding hydrogens is 633 g/mol. The van der Waals surface area contributed by atoms with Crippen LogP contribution in [0.1, 0.15) is 57.5 Å². The summed E-state index contributed by atoms with van der Waals surface area (Å²) in [6.45, 7) is 6.62. The smallest absolute Gasteiger partial charge is 0.408 e. The number of hydrogen-bond acceptors (Lipinski definition) is 12. The van der Waals surface area contributed by atoms with Crippen molar-refractivity contribution in [2.45, 2.75) is 77.3 Å². The molecule has 0 spiro atoms. The molecule has 1 aliphatic heterocycles. The minimum Gasteiger partial charge on any atom is -0.493 e. The Bertz CT molecular complexity index is 1390. The third-order valence-electron chi connectivity index (χ3n) is 7.08. The fourth-order valence-corrected chi connectivity index (χ4v) is 7.36. The fourth-order valence-electron chi connectivity index (χ4n) is 5.13. The molecule has 3 rings (SSSR count). The van der Waals surface area contributed by atoms with Crippen LogP contribution < -0.4 is 25.3 Å². The topological polar surface area (TPSA) is 174 Å². The molecule has 0 aromatic heterocycles. The van der Waals surface area contributed by atoms with E-state index in [-0.39, 0.29) is 43.2 Å². The molecular formula is C32H46N3O11P. The number of nitrogens with one attached hydrogen (secondary N) is 1. The molecule has 3 N–H and O–H groups in total. The van der Waals surface area contributed by atoms with Crippen molar-refractivity contribution in [2.75, 3.05) is 34.4 Å². The molecule has 1 aliphatic rings. The van der Waals surface area contributed by atoms with Crippen LogP contribution in [0.2, 0.25) is 0 Å². The number of nitrogens with two attached hydrogens (primary N) is 1. The second-order valence-corrected chi connectivity index (χ2v) is 13.2. The van der Waals surface area contributed by atoms with Gasteiger partial charge in [0.05, 0.1) is 39.1 Å². The first kappa shape index (κ1) is 37.6. The summed E-state index contributed by atoms with van der Waals surface area (Å²) >= 11 is 0. The molecule has 1 unspecified atom stereocenters. The van der Waals surface area contributed by atoms with Crippen molar-refractivity contribution in [1.29, 1.82) is 0 Å². The van der Waals surface area contributed by atoms with Gasteiger partial charge in [0.15, 0.2) is 11.5 Å². The molecule has 0 aliphatic carbocycles. The molecule has 15 heteroatoms. The predicted octanol–water partition coefficient (Wildman–Crippen LogP) is 4.54. The van der Waals surface area contributed by atoms with Gasteiger partial charge in [-0.2, -0.15) is 0 Å². The number of carbonyl (C=O) groups is 3. The molecule has 2 aromatic carbocycles. The van der Waals surface area contributed by atoms with Crippen LogP contribution in [0.25, 0.3) is 0 Å². The Morgan fingerprint density at radius 3 is 2.13 bits per heavy atom. The summed E-state index contributed by atoms with van der Waals surface area (Å²) in [5.74, 6) is -2.50.